The van der Waals surface area contributed by atoms with Gasteiger partial charge in [-0.15, -0.1) is 0 Å². The van der Waals surface area contributed by atoms with Crippen LogP contribution in [0.2, 0.25) is 0 Å². The van der Waals surface area contributed by atoms with Crippen LogP contribution in [0.4, 0.5) is 0 Å². The summed E-state index contributed by atoms with van der Waals surface area (Å²) >= 11 is 0. The average molecular weight is 227 g/mol. The fourth-order valence-corrected chi connectivity index (χ4v) is 1.43. The topological polar surface area (TPSA) is 74.2 Å². The second-order valence-electron chi connectivity index (χ2n) is 4.13. The van der Waals surface area contributed by atoms with Gasteiger partial charge in [-0.2, -0.15) is 4.98 Å². The Morgan fingerprint density at radius 1 is 1.44 bits per heavy atom. The molecule has 0 radical (unpaired) electrons. The van der Waals surface area contributed by atoms with Gasteiger partial charge in [0.05, 0.1) is 11.6 Å². The van der Waals surface area contributed by atoms with E-state index in [1.54, 1.807) is 7.11 Å². The lowest BCUT2D eigenvalue weighted by Gasteiger charge is -2.20. The molecule has 1 atom stereocenters. The van der Waals surface area contributed by atoms with Crippen molar-refractivity contribution in [3.05, 3.63) is 11.7 Å². The molecule has 92 valence electrons. The monoisotopic (exact) mass is 227 g/mol. The Balaban J connectivity index is 2.78. The van der Waals surface area contributed by atoms with Crippen molar-refractivity contribution in [1.82, 2.24) is 10.1 Å². The molecule has 2 N–H and O–H groups in total. The Labute approximate surface area is 96.4 Å². The van der Waals surface area contributed by atoms with E-state index in [4.69, 9.17) is 15.0 Å². The summed E-state index contributed by atoms with van der Waals surface area (Å²) in [7, 11) is 1.66. The van der Waals surface area contributed by atoms with E-state index in [9.17, 15) is 0 Å². The molecule has 0 aliphatic carbocycles. The highest BCUT2D eigenvalue weighted by molar-refractivity contribution is 5.01. The number of nitrogens with two attached hydrogens (primary N) is 1. The minimum Gasteiger partial charge on any atom is -0.381 e. The van der Waals surface area contributed by atoms with Gasteiger partial charge in [-0.05, 0) is 19.8 Å². The highest BCUT2D eigenvalue weighted by Crippen LogP contribution is 2.23. The highest BCUT2D eigenvalue weighted by Gasteiger charge is 2.29. The fourth-order valence-electron chi connectivity index (χ4n) is 1.43. The predicted octanol–water partition coefficient (Wildman–Crippen LogP) is 1.62. The van der Waals surface area contributed by atoms with Gasteiger partial charge < -0.3 is 15.0 Å². The number of rotatable bonds is 6. The second kappa shape index (κ2) is 5.41. The minimum atomic E-state index is -0.498. The average Bonchev–Trinajstić information content (AvgIpc) is 2.76. The van der Waals surface area contributed by atoms with E-state index in [0.29, 0.717) is 18.1 Å². The maximum absolute atomic E-state index is 6.17. The molecule has 16 heavy (non-hydrogen) atoms. The van der Waals surface area contributed by atoms with Crippen molar-refractivity contribution in [2.24, 2.45) is 5.73 Å². The van der Waals surface area contributed by atoms with Crippen LogP contribution in [0.1, 0.15) is 45.3 Å². The number of methoxy groups -OCH3 is 1. The lowest BCUT2D eigenvalue weighted by atomic mass is 9.94. The van der Waals surface area contributed by atoms with Gasteiger partial charge in [-0.1, -0.05) is 19.0 Å². The molecular weight excluding hydrogens is 206 g/mol. The van der Waals surface area contributed by atoms with E-state index in [1.165, 1.54) is 0 Å². The molecule has 0 bridgehead atoms. The summed E-state index contributed by atoms with van der Waals surface area (Å²) in [6.45, 7) is 6.00. The summed E-state index contributed by atoms with van der Waals surface area (Å²) in [6, 6.07) is 0. The first-order chi connectivity index (χ1) is 7.55. The van der Waals surface area contributed by atoms with Crippen molar-refractivity contribution in [3.63, 3.8) is 0 Å². The van der Waals surface area contributed by atoms with Crippen LogP contribution >= 0.6 is 0 Å². The molecule has 1 heterocycles. The maximum atomic E-state index is 6.17. The summed E-state index contributed by atoms with van der Waals surface area (Å²) in [4.78, 5) is 4.33. The number of hydrogen-bond donors (Lipinski definition) is 1. The summed E-state index contributed by atoms with van der Waals surface area (Å²) in [5.41, 5.74) is 5.67. The van der Waals surface area contributed by atoms with Crippen LogP contribution in [0.3, 0.4) is 0 Å². The van der Waals surface area contributed by atoms with E-state index in [2.05, 4.69) is 10.1 Å². The summed E-state index contributed by atoms with van der Waals surface area (Å²) in [6.07, 6.45) is 2.29. The van der Waals surface area contributed by atoms with Crippen LogP contribution in [-0.4, -0.2) is 23.4 Å². The van der Waals surface area contributed by atoms with Crippen LogP contribution in [0.5, 0.6) is 0 Å². The van der Waals surface area contributed by atoms with E-state index < -0.39 is 5.54 Å². The summed E-state index contributed by atoms with van der Waals surface area (Å²) in [5, 5.41) is 3.92. The van der Waals surface area contributed by atoms with Crippen molar-refractivity contribution in [3.8, 4) is 0 Å². The molecule has 5 heteroatoms. The molecule has 0 fully saturated rings. The van der Waals surface area contributed by atoms with Crippen LogP contribution < -0.4 is 5.73 Å². The van der Waals surface area contributed by atoms with Crippen molar-refractivity contribution in [2.45, 2.75) is 51.7 Å². The van der Waals surface area contributed by atoms with Gasteiger partial charge in [0.2, 0.25) is 5.89 Å². The van der Waals surface area contributed by atoms with Gasteiger partial charge in [0.15, 0.2) is 5.82 Å². The number of ether oxygens (including phenoxy) is 1. The number of aromatic nitrogens is 2. The lowest BCUT2D eigenvalue weighted by Crippen LogP contribution is -2.35. The fraction of sp³-hybridized carbons (Fsp3) is 0.818. The van der Waals surface area contributed by atoms with E-state index >= 15 is 0 Å². The third-order valence-corrected chi connectivity index (χ3v) is 3.03. The quantitative estimate of drug-likeness (QED) is 0.799. The Kier molecular flexibility index (Phi) is 4.44. The van der Waals surface area contributed by atoms with Gasteiger partial charge in [0.1, 0.15) is 0 Å². The van der Waals surface area contributed by atoms with Crippen molar-refractivity contribution < 1.29 is 9.26 Å². The molecule has 0 aromatic carbocycles. The summed E-state index contributed by atoms with van der Waals surface area (Å²) < 4.78 is 10.4. The molecular formula is C11H21N3O2. The normalized spacial score (nSPS) is 14.1. The molecule has 1 unspecified atom stereocenters. The Morgan fingerprint density at radius 3 is 2.56 bits per heavy atom. The van der Waals surface area contributed by atoms with Crippen LogP contribution in [0.25, 0.3) is 0 Å². The molecule has 0 aliphatic rings. The zero-order valence-electron chi connectivity index (χ0n) is 10.5. The lowest BCUT2D eigenvalue weighted by molar-refractivity contribution is 0.116. The number of hydrogen-bond acceptors (Lipinski definition) is 5. The van der Waals surface area contributed by atoms with Gasteiger partial charge in [0.25, 0.3) is 0 Å². The van der Waals surface area contributed by atoms with Crippen molar-refractivity contribution in [1.29, 1.82) is 0 Å². The SMILES string of the molecule is CCC(N)(CC)c1nc(CC(C)OC)no1. The largest absolute Gasteiger partial charge is 0.381 e. The first-order valence-electron chi connectivity index (χ1n) is 5.70. The first-order valence-corrected chi connectivity index (χ1v) is 5.70. The molecule has 0 saturated carbocycles. The molecule has 1 aromatic rings. The first kappa shape index (κ1) is 13.1. The van der Waals surface area contributed by atoms with Crippen LogP contribution in [0, 0.1) is 0 Å². The molecule has 1 aromatic heterocycles. The van der Waals surface area contributed by atoms with E-state index in [1.807, 2.05) is 20.8 Å². The smallest absolute Gasteiger partial charge is 0.246 e. The number of nitrogens with zero attached hydrogens (tertiary/aromatic N) is 2. The zero-order chi connectivity index (χ0) is 12.2. The minimum absolute atomic E-state index is 0.0841. The summed E-state index contributed by atoms with van der Waals surface area (Å²) in [5.74, 6) is 1.18. The third kappa shape index (κ3) is 2.80. The standard InChI is InChI=1S/C11H21N3O2/c1-5-11(12,6-2)10-13-9(14-16-10)7-8(3)15-4/h8H,5-7,12H2,1-4H3. The van der Waals surface area contributed by atoms with Gasteiger partial charge in [0, 0.05) is 13.5 Å². The van der Waals surface area contributed by atoms with Crippen molar-refractivity contribution >= 4 is 0 Å². The maximum Gasteiger partial charge on any atom is 0.246 e. The molecule has 5 nitrogen and oxygen atoms in total. The molecule has 1 rings (SSSR count). The van der Waals surface area contributed by atoms with Crippen LogP contribution in [0.15, 0.2) is 4.52 Å². The highest BCUT2D eigenvalue weighted by atomic mass is 16.5. The predicted molar refractivity (Wildman–Crippen MR) is 60.9 cm³/mol. The Bertz CT molecular complexity index is 321. The van der Waals surface area contributed by atoms with Gasteiger partial charge in [-0.3, -0.25) is 0 Å². The second-order valence-corrected chi connectivity index (χ2v) is 4.13. The zero-order valence-corrected chi connectivity index (χ0v) is 10.5. The van der Waals surface area contributed by atoms with Gasteiger partial charge >= 0.3 is 0 Å². The molecule has 0 saturated heterocycles. The third-order valence-electron chi connectivity index (χ3n) is 3.03. The van der Waals surface area contributed by atoms with E-state index in [-0.39, 0.29) is 6.10 Å². The van der Waals surface area contributed by atoms with Gasteiger partial charge in [-0.25, -0.2) is 0 Å². The molecule has 0 amide bonds. The Morgan fingerprint density at radius 2 is 2.06 bits per heavy atom. The Hall–Kier alpha value is -0.940. The van der Waals surface area contributed by atoms with Crippen molar-refractivity contribution in [2.75, 3.05) is 7.11 Å². The van der Waals surface area contributed by atoms with E-state index in [0.717, 1.165) is 12.8 Å². The molecule has 0 spiro atoms. The van der Waals surface area contributed by atoms with Crippen LogP contribution in [-0.2, 0) is 16.7 Å². The molecule has 0 aliphatic heterocycles.